The van der Waals surface area contributed by atoms with Gasteiger partial charge < -0.3 is 30.7 Å². The van der Waals surface area contributed by atoms with E-state index in [1.54, 1.807) is 13.1 Å². The number of pyridine rings is 1. The number of aromatic nitrogens is 5. The summed E-state index contributed by atoms with van der Waals surface area (Å²) in [6, 6.07) is 5.79. The molecule has 0 aliphatic carbocycles. The molecule has 0 radical (unpaired) electrons. The largest absolute Gasteiger partial charge is 0.387 e. The van der Waals surface area contributed by atoms with E-state index in [4.69, 9.17) is 9.72 Å². The summed E-state index contributed by atoms with van der Waals surface area (Å²) in [4.78, 5) is 16.0. The van der Waals surface area contributed by atoms with Crippen LogP contribution in [-0.2, 0) is 4.74 Å². The monoisotopic (exact) mass is 451 g/mol. The van der Waals surface area contributed by atoms with Gasteiger partial charge in [-0.25, -0.2) is 15.0 Å². The van der Waals surface area contributed by atoms with E-state index in [9.17, 15) is 5.11 Å². The highest BCUT2D eigenvalue weighted by Crippen LogP contribution is 2.26. The number of hydrogen-bond donors (Lipinski definition) is 4. The van der Waals surface area contributed by atoms with Crippen molar-refractivity contribution < 1.29 is 9.84 Å². The van der Waals surface area contributed by atoms with Gasteiger partial charge in [0.05, 0.1) is 24.4 Å². The second kappa shape index (κ2) is 9.77. The van der Waals surface area contributed by atoms with Crippen molar-refractivity contribution >= 4 is 34.3 Å². The van der Waals surface area contributed by atoms with Crippen LogP contribution in [0.3, 0.4) is 0 Å². The van der Waals surface area contributed by atoms with E-state index in [1.165, 1.54) is 0 Å². The lowest BCUT2D eigenvalue weighted by Gasteiger charge is -2.27. The molecule has 2 fully saturated rings. The fourth-order valence-corrected chi connectivity index (χ4v) is 4.05. The van der Waals surface area contributed by atoms with E-state index >= 15 is 0 Å². The summed E-state index contributed by atoms with van der Waals surface area (Å²) < 4.78 is 5.59. The first kappa shape index (κ1) is 21.7. The molecule has 0 amide bonds. The molecule has 3 aromatic heterocycles. The van der Waals surface area contributed by atoms with E-state index < -0.39 is 6.10 Å². The van der Waals surface area contributed by atoms with Crippen LogP contribution in [0.15, 0.2) is 24.4 Å². The highest BCUT2D eigenvalue weighted by atomic mass is 16.5. The van der Waals surface area contributed by atoms with Gasteiger partial charge >= 0.3 is 0 Å². The zero-order chi connectivity index (χ0) is 22.6. The maximum atomic E-state index is 10.1. The van der Waals surface area contributed by atoms with Crippen LogP contribution in [0.4, 0.5) is 23.4 Å². The van der Waals surface area contributed by atoms with Crippen LogP contribution in [0.25, 0.3) is 10.9 Å². The average Bonchev–Trinajstić information content (AvgIpc) is 2.86. The molecule has 0 saturated carbocycles. The van der Waals surface area contributed by atoms with Gasteiger partial charge in [-0.15, -0.1) is 10.2 Å². The Kier molecular flexibility index (Phi) is 6.42. The highest BCUT2D eigenvalue weighted by Gasteiger charge is 2.19. The quantitative estimate of drug-likeness (QED) is 0.435. The van der Waals surface area contributed by atoms with Crippen molar-refractivity contribution in [3.05, 3.63) is 30.1 Å². The molecule has 0 aromatic carbocycles. The molecule has 2 aliphatic rings. The number of anilines is 4. The molecule has 174 valence electrons. The van der Waals surface area contributed by atoms with Crippen molar-refractivity contribution in [1.82, 2.24) is 30.5 Å². The van der Waals surface area contributed by atoms with E-state index in [0.29, 0.717) is 35.4 Å². The number of piperazine rings is 1. The molecule has 2 saturated heterocycles. The Morgan fingerprint density at radius 1 is 1.21 bits per heavy atom. The normalized spacial score (nSPS) is 19.9. The number of nitrogens with zero attached hydrogens (tertiary/aromatic N) is 6. The second-order valence-electron chi connectivity index (χ2n) is 8.40. The number of aliphatic hydroxyl groups is 1. The van der Waals surface area contributed by atoms with Crippen molar-refractivity contribution in [2.75, 3.05) is 54.9 Å². The minimum Gasteiger partial charge on any atom is -0.387 e. The maximum Gasteiger partial charge on any atom is 0.229 e. The Hall–Kier alpha value is -3.15. The van der Waals surface area contributed by atoms with Gasteiger partial charge in [0, 0.05) is 44.4 Å². The van der Waals surface area contributed by atoms with E-state index in [-0.39, 0.29) is 6.04 Å². The summed E-state index contributed by atoms with van der Waals surface area (Å²) in [6.45, 7) is 6.82. The zero-order valence-corrected chi connectivity index (χ0v) is 18.7. The molecular formula is C22H29N9O2. The first-order chi connectivity index (χ1) is 16.2. The third kappa shape index (κ3) is 5.10. The number of hydrogen-bond acceptors (Lipinski definition) is 11. The van der Waals surface area contributed by atoms with Crippen LogP contribution >= 0.6 is 0 Å². The standard InChI is InChI=1S/C22H29N9O2/c1-14(32)17-11-15-12-24-22(28-20(15)21(26-17)25-16-3-2-10-33-13-16)27-18-4-5-19(30-29-18)31-8-6-23-7-9-31/h4-5,11-12,14,16,23,32H,2-3,6-10,13H2,1H3,(H,25,26)(H,24,27,28,29)/t14?,16-/m1/s1. The summed E-state index contributed by atoms with van der Waals surface area (Å²) >= 11 is 0. The van der Waals surface area contributed by atoms with Gasteiger partial charge in [0.25, 0.3) is 0 Å². The van der Waals surface area contributed by atoms with Gasteiger partial charge in [-0.05, 0) is 38.0 Å². The Bertz CT molecular complexity index is 1080. The third-order valence-electron chi connectivity index (χ3n) is 5.85. The zero-order valence-electron chi connectivity index (χ0n) is 18.7. The highest BCUT2D eigenvalue weighted by molar-refractivity contribution is 5.89. The Labute approximate surface area is 192 Å². The fraction of sp³-hybridized carbons (Fsp3) is 0.500. The second-order valence-corrected chi connectivity index (χ2v) is 8.40. The molecule has 11 heteroatoms. The molecule has 0 bridgehead atoms. The number of aliphatic hydroxyl groups excluding tert-OH is 1. The van der Waals surface area contributed by atoms with Gasteiger partial charge in [0.1, 0.15) is 5.52 Å². The van der Waals surface area contributed by atoms with E-state index in [1.807, 2.05) is 18.2 Å². The van der Waals surface area contributed by atoms with Crippen molar-refractivity contribution in [2.24, 2.45) is 0 Å². The number of rotatable bonds is 6. The minimum absolute atomic E-state index is 0.147. The topological polar surface area (TPSA) is 133 Å². The summed E-state index contributed by atoms with van der Waals surface area (Å²) in [5.41, 5.74) is 1.24. The first-order valence-corrected chi connectivity index (χ1v) is 11.4. The van der Waals surface area contributed by atoms with Crippen LogP contribution in [0.2, 0.25) is 0 Å². The third-order valence-corrected chi connectivity index (χ3v) is 5.85. The molecule has 5 rings (SSSR count). The number of fused-ring (bicyclic) bond motifs is 1. The molecular weight excluding hydrogens is 422 g/mol. The number of nitrogens with one attached hydrogen (secondary N) is 3. The van der Waals surface area contributed by atoms with Gasteiger partial charge in [0.2, 0.25) is 5.95 Å². The molecule has 0 spiro atoms. The Morgan fingerprint density at radius 2 is 2.09 bits per heavy atom. The fourth-order valence-electron chi connectivity index (χ4n) is 4.05. The van der Waals surface area contributed by atoms with Crippen LogP contribution in [0.1, 0.15) is 31.6 Å². The first-order valence-electron chi connectivity index (χ1n) is 11.4. The van der Waals surface area contributed by atoms with Gasteiger partial charge in [0.15, 0.2) is 17.5 Å². The maximum absolute atomic E-state index is 10.1. The van der Waals surface area contributed by atoms with Crippen LogP contribution < -0.4 is 20.9 Å². The summed E-state index contributed by atoms with van der Waals surface area (Å²) in [5.74, 6) is 2.44. The summed E-state index contributed by atoms with van der Waals surface area (Å²) in [6.07, 6.45) is 3.02. The van der Waals surface area contributed by atoms with Gasteiger partial charge in [-0.1, -0.05) is 0 Å². The van der Waals surface area contributed by atoms with Gasteiger partial charge in [-0.2, -0.15) is 0 Å². The van der Waals surface area contributed by atoms with Crippen molar-refractivity contribution in [2.45, 2.75) is 31.9 Å². The molecule has 5 heterocycles. The predicted octanol–water partition coefficient (Wildman–Crippen LogP) is 1.61. The molecule has 2 aliphatic heterocycles. The van der Waals surface area contributed by atoms with Crippen molar-refractivity contribution in [3.8, 4) is 0 Å². The molecule has 33 heavy (non-hydrogen) atoms. The lowest BCUT2D eigenvalue weighted by atomic mass is 10.1. The molecule has 3 aromatic rings. The predicted molar refractivity (Wildman–Crippen MR) is 126 cm³/mol. The number of ether oxygens (including phenoxy) is 1. The smallest absolute Gasteiger partial charge is 0.229 e. The van der Waals surface area contributed by atoms with Crippen molar-refractivity contribution in [1.29, 1.82) is 0 Å². The minimum atomic E-state index is -0.695. The lowest BCUT2D eigenvalue weighted by Crippen LogP contribution is -2.43. The summed E-state index contributed by atoms with van der Waals surface area (Å²) in [7, 11) is 0. The lowest BCUT2D eigenvalue weighted by molar-refractivity contribution is 0.0875. The molecule has 2 atom stereocenters. The van der Waals surface area contributed by atoms with Crippen molar-refractivity contribution in [3.63, 3.8) is 0 Å². The van der Waals surface area contributed by atoms with E-state index in [2.05, 4.69) is 41.0 Å². The molecule has 4 N–H and O–H groups in total. The SMILES string of the molecule is CC(O)c1cc2cnc(Nc3ccc(N4CCNCC4)nn3)nc2c(N[C@@H]2CCCOC2)n1. The molecule has 11 nitrogen and oxygen atoms in total. The summed E-state index contributed by atoms with van der Waals surface area (Å²) in [5, 5.41) is 29.5. The molecule has 1 unspecified atom stereocenters. The van der Waals surface area contributed by atoms with Crippen LogP contribution in [0.5, 0.6) is 0 Å². The average molecular weight is 452 g/mol. The van der Waals surface area contributed by atoms with E-state index in [0.717, 1.165) is 56.8 Å². The Morgan fingerprint density at radius 3 is 2.82 bits per heavy atom. The Balaban J connectivity index is 1.39. The van der Waals surface area contributed by atoms with Crippen LogP contribution in [-0.4, -0.2) is 75.7 Å². The van der Waals surface area contributed by atoms with Crippen LogP contribution in [0, 0.1) is 0 Å². The van der Waals surface area contributed by atoms with Gasteiger partial charge in [-0.3, -0.25) is 0 Å².